The summed E-state index contributed by atoms with van der Waals surface area (Å²) in [4.78, 5) is 24.5. The number of nitrogens with zero attached hydrogens (tertiary/aromatic N) is 3. The van der Waals surface area contributed by atoms with Crippen molar-refractivity contribution >= 4 is 11.8 Å². The van der Waals surface area contributed by atoms with Gasteiger partial charge in [0.15, 0.2) is 11.3 Å². The number of methoxy groups -OCH3 is 1. The van der Waals surface area contributed by atoms with Gasteiger partial charge in [-0.15, -0.1) is 0 Å². The predicted octanol–water partition coefficient (Wildman–Crippen LogP) is 2.10. The van der Waals surface area contributed by atoms with Crippen LogP contribution in [0.2, 0.25) is 0 Å². The van der Waals surface area contributed by atoms with Gasteiger partial charge in [-0.3, -0.25) is 4.79 Å². The number of aromatic nitrogens is 2. The van der Waals surface area contributed by atoms with E-state index in [1.54, 1.807) is 24.3 Å². The number of ether oxygens (including phenoxy) is 2. The van der Waals surface area contributed by atoms with Crippen LogP contribution in [0.25, 0.3) is 0 Å². The number of ketones is 1. The van der Waals surface area contributed by atoms with E-state index in [9.17, 15) is 13.6 Å². The number of hydrogen-bond donors (Lipinski definition) is 1. The summed E-state index contributed by atoms with van der Waals surface area (Å²) in [6.07, 6.45) is 0.0539. The maximum atomic E-state index is 14.1. The molecule has 0 bridgehead atoms. The van der Waals surface area contributed by atoms with Gasteiger partial charge < -0.3 is 15.2 Å². The highest BCUT2D eigenvalue weighted by Crippen LogP contribution is 2.55. The number of aliphatic imine (C=N–C) groups is 1. The maximum absolute atomic E-state index is 14.1. The number of hydrogen-bond acceptors (Lipinski definition) is 7. The van der Waals surface area contributed by atoms with Crippen LogP contribution in [0.3, 0.4) is 0 Å². The first-order valence-electron chi connectivity index (χ1n) is 8.73. The molecule has 7 nitrogen and oxygen atoms in total. The molecule has 2 aromatic rings. The molecule has 0 radical (unpaired) electrons. The third-order valence-electron chi connectivity index (χ3n) is 5.07. The first-order chi connectivity index (χ1) is 13.4. The average Bonchev–Trinajstić information content (AvgIpc) is 3.47. The van der Waals surface area contributed by atoms with Crippen LogP contribution < -0.4 is 10.5 Å². The molecule has 1 aromatic heterocycles. The minimum Gasteiger partial charge on any atom is -0.480 e. The molecule has 4 rings (SSSR count). The molecule has 3 atom stereocenters. The van der Waals surface area contributed by atoms with Crippen LogP contribution in [0.1, 0.15) is 28.0 Å². The standard InChI is InChI=1S/C19H18F2N4O3/c1-27-16-9-23-13(8-24-16)14(26)6-10-3-2-4-11(5-10)19(17(20)21)12-7-15(12)28-18(22)25-19/h2-5,8-9,12,15,17H,6-7H2,1H3,(H2,22,25)/t12-,15+,19+/m0/s1. The second kappa shape index (κ2) is 6.81. The molecule has 9 heteroatoms. The van der Waals surface area contributed by atoms with Crippen LogP contribution in [0, 0.1) is 5.92 Å². The minimum absolute atomic E-state index is 0.00203. The monoisotopic (exact) mass is 388 g/mol. The summed E-state index contributed by atoms with van der Waals surface area (Å²) in [5, 5.41) is 0. The number of nitrogens with two attached hydrogens (primary N) is 1. The van der Waals surface area contributed by atoms with Gasteiger partial charge in [0, 0.05) is 12.3 Å². The molecule has 1 aliphatic carbocycles. The number of rotatable bonds is 6. The second-order valence-electron chi connectivity index (χ2n) is 6.82. The van der Waals surface area contributed by atoms with Crippen LogP contribution >= 0.6 is 0 Å². The second-order valence-corrected chi connectivity index (χ2v) is 6.82. The normalized spacial score (nSPS) is 25.5. The Hall–Kier alpha value is -3.10. The first kappa shape index (κ1) is 18.3. The fraction of sp³-hybridized carbons (Fsp3) is 0.368. The van der Waals surface area contributed by atoms with Crippen molar-refractivity contribution in [2.75, 3.05) is 7.11 Å². The summed E-state index contributed by atoms with van der Waals surface area (Å²) in [5.74, 6) is -0.415. The van der Waals surface area contributed by atoms with E-state index < -0.39 is 17.9 Å². The van der Waals surface area contributed by atoms with Gasteiger partial charge in [0.05, 0.1) is 19.5 Å². The fourth-order valence-electron chi connectivity index (χ4n) is 3.60. The van der Waals surface area contributed by atoms with E-state index in [2.05, 4.69) is 15.0 Å². The van der Waals surface area contributed by atoms with Gasteiger partial charge in [0.1, 0.15) is 11.8 Å². The number of carbonyl (C=O) groups is 1. The van der Waals surface area contributed by atoms with Crippen LogP contribution in [0.4, 0.5) is 8.78 Å². The zero-order chi connectivity index (χ0) is 19.9. The molecule has 1 fully saturated rings. The van der Waals surface area contributed by atoms with Crippen LogP contribution in [0.5, 0.6) is 5.88 Å². The van der Waals surface area contributed by atoms with Gasteiger partial charge in [-0.1, -0.05) is 24.3 Å². The van der Waals surface area contributed by atoms with Gasteiger partial charge in [-0.25, -0.2) is 23.7 Å². The molecule has 146 valence electrons. The molecule has 1 aromatic carbocycles. The quantitative estimate of drug-likeness (QED) is 0.761. The van der Waals surface area contributed by atoms with Crippen molar-refractivity contribution in [2.45, 2.75) is 30.9 Å². The lowest BCUT2D eigenvalue weighted by Gasteiger charge is -2.33. The molecular weight excluding hydrogens is 370 g/mol. The fourth-order valence-corrected chi connectivity index (χ4v) is 3.60. The van der Waals surface area contributed by atoms with Crippen molar-refractivity contribution in [1.82, 2.24) is 9.97 Å². The van der Waals surface area contributed by atoms with Crippen molar-refractivity contribution in [3.8, 4) is 5.88 Å². The van der Waals surface area contributed by atoms with Gasteiger partial charge in [0.25, 0.3) is 12.4 Å². The van der Waals surface area contributed by atoms with Crippen molar-refractivity contribution in [2.24, 2.45) is 16.6 Å². The largest absolute Gasteiger partial charge is 0.480 e. The van der Waals surface area contributed by atoms with E-state index in [-0.39, 0.29) is 30.0 Å². The summed E-state index contributed by atoms with van der Waals surface area (Å²) in [6, 6.07) is 6.28. The number of fused-ring (bicyclic) bond motifs is 1. The number of halogens is 2. The van der Waals surface area contributed by atoms with E-state index in [4.69, 9.17) is 15.2 Å². The highest BCUT2D eigenvalue weighted by molar-refractivity contribution is 5.95. The molecule has 0 amide bonds. The smallest absolute Gasteiger partial charge is 0.283 e. The van der Waals surface area contributed by atoms with Gasteiger partial charge >= 0.3 is 0 Å². The predicted molar refractivity (Wildman–Crippen MR) is 95.3 cm³/mol. The highest BCUT2D eigenvalue weighted by atomic mass is 19.3. The van der Waals surface area contributed by atoms with Gasteiger partial charge in [-0.2, -0.15) is 0 Å². The highest BCUT2D eigenvalue weighted by Gasteiger charge is 2.63. The van der Waals surface area contributed by atoms with Crippen molar-refractivity contribution in [1.29, 1.82) is 0 Å². The van der Waals surface area contributed by atoms with Crippen molar-refractivity contribution in [3.05, 3.63) is 53.5 Å². The first-order valence-corrected chi connectivity index (χ1v) is 8.73. The van der Waals surface area contributed by atoms with E-state index in [1.165, 1.54) is 19.5 Å². The summed E-state index contributed by atoms with van der Waals surface area (Å²) in [6.45, 7) is 0. The van der Waals surface area contributed by atoms with E-state index in [1.807, 2.05) is 0 Å². The van der Waals surface area contributed by atoms with E-state index >= 15 is 0 Å². The Kier molecular flexibility index (Phi) is 4.44. The summed E-state index contributed by atoms with van der Waals surface area (Å²) in [7, 11) is 1.45. The van der Waals surface area contributed by atoms with E-state index in [0.717, 1.165) is 0 Å². The third kappa shape index (κ3) is 3.06. The molecule has 0 saturated heterocycles. The van der Waals surface area contributed by atoms with Crippen LogP contribution in [0.15, 0.2) is 41.7 Å². The third-order valence-corrected chi connectivity index (χ3v) is 5.07. The molecule has 2 aliphatic rings. The average molecular weight is 388 g/mol. The Morgan fingerprint density at radius 1 is 1.39 bits per heavy atom. The molecule has 0 unspecified atom stereocenters. The molecular formula is C19H18F2N4O3. The summed E-state index contributed by atoms with van der Waals surface area (Å²) < 4.78 is 38.4. The SMILES string of the molecule is COc1cnc(C(=O)Cc2cccc([C@@]3(C(F)F)N=C(N)O[C@@H]4C[C@@H]43)c2)cn1. The molecule has 1 saturated carbocycles. The Bertz CT molecular complexity index is 935. The number of benzene rings is 1. The van der Waals surface area contributed by atoms with Crippen LogP contribution in [-0.4, -0.2) is 41.4 Å². The minimum atomic E-state index is -2.75. The van der Waals surface area contributed by atoms with E-state index in [0.29, 0.717) is 23.4 Å². The van der Waals surface area contributed by atoms with Crippen molar-refractivity contribution in [3.63, 3.8) is 0 Å². The molecule has 0 spiro atoms. The summed E-state index contributed by atoms with van der Waals surface area (Å²) in [5.41, 5.74) is 4.97. The molecule has 1 aliphatic heterocycles. The maximum Gasteiger partial charge on any atom is 0.283 e. The molecule has 2 heterocycles. The molecule has 2 N–H and O–H groups in total. The Morgan fingerprint density at radius 3 is 2.89 bits per heavy atom. The van der Waals surface area contributed by atoms with Gasteiger partial charge in [-0.05, 0) is 17.5 Å². The Balaban J connectivity index is 1.62. The summed E-state index contributed by atoms with van der Waals surface area (Å²) >= 11 is 0. The Morgan fingerprint density at radius 2 is 2.21 bits per heavy atom. The Labute approximate surface area is 159 Å². The zero-order valence-corrected chi connectivity index (χ0v) is 15.0. The lowest BCUT2D eigenvalue weighted by Crippen LogP contribution is -2.42. The number of amidine groups is 1. The van der Waals surface area contributed by atoms with Crippen LogP contribution in [-0.2, 0) is 16.7 Å². The molecule has 28 heavy (non-hydrogen) atoms. The topological polar surface area (TPSA) is 99.7 Å². The van der Waals surface area contributed by atoms with Gasteiger partial charge in [0.2, 0.25) is 5.88 Å². The number of Topliss-reactive ketones (excluding diaryl/α,β-unsaturated/α-hetero) is 1. The lowest BCUT2D eigenvalue weighted by molar-refractivity contribution is 0.0196. The zero-order valence-electron chi connectivity index (χ0n) is 15.0. The van der Waals surface area contributed by atoms with Crippen molar-refractivity contribution < 1.29 is 23.0 Å². The number of alkyl halides is 2. The lowest BCUT2D eigenvalue weighted by atomic mass is 9.84. The number of carbonyl (C=O) groups excluding carboxylic acids is 1.